The summed E-state index contributed by atoms with van der Waals surface area (Å²) in [5, 5.41) is 34.9. The fourth-order valence-corrected chi connectivity index (χ4v) is 9.51. The highest BCUT2D eigenvalue weighted by molar-refractivity contribution is 7.13. The van der Waals surface area contributed by atoms with E-state index in [4.69, 9.17) is 39.6 Å². The summed E-state index contributed by atoms with van der Waals surface area (Å²) in [7, 11) is 5.28. The molecule has 64 heavy (non-hydrogen) atoms. The van der Waals surface area contributed by atoms with Gasteiger partial charge in [-0.3, -0.25) is 14.6 Å². The standard InChI is InChI=1S/C35H58FN3O10.C10H11N3OS/c1-12-24-35(9,44)30-20(5)26(38-25(40)13-2)18(3)15-33(7,46-17-22(37)16-45-30)29(21(6)28(42)34(8,36)32(43)48-24)49-31-27(41)23(39(10)11)14-19(4)47-31;1-14-5-8-3-2-7(4-12-8)10-13-9(11)6-15-10/h18-21,23-24,27,29-31,37,41,44H,12-17H2,1-11H3;2-4,6H,5,11H2,1H3/t18-,19-,20+,21+,23+,24-,27-,29-,30-,31+,33-,34+,35-;/m1./s1. The zero-order valence-corrected chi connectivity index (χ0v) is 40.1. The number of carbonyl (C=O) groups excluding carboxylic acids is 3. The van der Waals surface area contributed by atoms with E-state index in [2.05, 4.69) is 15.0 Å². The second-order valence-electron chi connectivity index (χ2n) is 18.0. The lowest BCUT2D eigenvalue weighted by atomic mass is 9.73. The van der Waals surface area contributed by atoms with Crippen LogP contribution >= 0.6 is 11.3 Å². The SMILES string of the molecule is CCC(=O)N=C1[C@H](C)C[C@@]2(C)OCC(=N)CO[C@H]([C@H]1C)[C@](C)(O)[C@@H](CC)OC(=O)[C@@](C)(F)C(=O)[C@H](C)[C@H]2O[C@@H]1O[C@H](C)C[C@H](N(C)C)[C@H]1O.COCc1ccc(-c2nc(N)cs2)cn1. The molecule has 0 radical (unpaired) electrons. The molecule has 3 aliphatic rings. The molecule has 5 heterocycles. The summed E-state index contributed by atoms with van der Waals surface area (Å²) in [5.41, 5.74) is 1.11. The number of hydrogen-bond acceptors (Lipinski definition) is 17. The molecule has 0 spiro atoms. The van der Waals surface area contributed by atoms with E-state index >= 15 is 4.39 Å². The number of aliphatic hydroxyl groups is 2. The number of esters is 1. The number of aliphatic hydroxyl groups excluding tert-OH is 1. The maximum Gasteiger partial charge on any atom is 0.351 e. The average molecular weight is 921 g/mol. The second-order valence-corrected chi connectivity index (χ2v) is 18.8. The quantitative estimate of drug-likeness (QED) is 0.202. The Morgan fingerprint density at radius 1 is 1.12 bits per heavy atom. The van der Waals surface area contributed by atoms with Gasteiger partial charge in [0, 0.05) is 54.3 Å². The molecule has 5 rings (SSSR count). The summed E-state index contributed by atoms with van der Waals surface area (Å²) in [6.07, 6.45) is -4.25. The van der Waals surface area contributed by atoms with Crippen LogP contribution in [0.25, 0.3) is 10.6 Å². The van der Waals surface area contributed by atoms with Crippen LogP contribution in [0.3, 0.4) is 0 Å². The largest absolute Gasteiger partial charge is 0.457 e. The van der Waals surface area contributed by atoms with Crippen molar-refractivity contribution in [2.24, 2.45) is 22.7 Å². The van der Waals surface area contributed by atoms with Crippen LogP contribution in [0.15, 0.2) is 28.7 Å². The first-order chi connectivity index (χ1) is 29.9. The van der Waals surface area contributed by atoms with Crippen molar-refractivity contribution < 1.29 is 57.4 Å². The number of methoxy groups -OCH3 is 1. The molecule has 2 bridgehead atoms. The van der Waals surface area contributed by atoms with Gasteiger partial charge in [0.25, 0.3) is 5.67 Å². The van der Waals surface area contributed by atoms with E-state index in [1.165, 1.54) is 25.2 Å². The maximum atomic E-state index is 16.6. The van der Waals surface area contributed by atoms with Crippen LogP contribution in [0.5, 0.6) is 0 Å². The average Bonchev–Trinajstić information content (AvgIpc) is 3.68. The number of anilines is 1. The van der Waals surface area contributed by atoms with Crippen molar-refractivity contribution in [3.8, 4) is 10.6 Å². The summed E-state index contributed by atoms with van der Waals surface area (Å²) >= 11 is 1.51. The number of alkyl halides is 1. The van der Waals surface area contributed by atoms with Crippen LogP contribution in [0.2, 0.25) is 0 Å². The molecule has 3 saturated heterocycles. The minimum Gasteiger partial charge on any atom is -0.457 e. The molecule has 2 aromatic heterocycles. The molecular formula is C45H69FN6O11S. The van der Waals surface area contributed by atoms with Crippen molar-refractivity contribution in [1.29, 1.82) is 5.41 Å². The van der Waals surface area contributed by atoms with Gasteiger partial charge in [-0.2, -0.15) is 0 Å². The first-order valence-electron chi connectivity index (χ1n) is 21.8. The normalized spacial score (nSPS) is 36.3. The molecule has 3 aliphatic heterocycles. The molecule has 13 atom stereocenters. The van der Waals surface area contributed by atoms with Crippen molar-refractivity contribution in [2.75, 3.05) is 40.2 Å². The van der Waals surface area contributed by atoms with Gasteiger partial charge in [0.1, 0.15) is 28.6 Å². The van der Waals surface area contributed by atoms with Crippen LogP contribution in [0.1, 0.15) is 93.7 Å². The second kappa shape index (κ2) is 22.2. The van der Waals surface area contributed by atoms with Gasteiger partial charge in [0.2, 0.25) is 5.91 Å². The smallest absolute Gasteiger partial charge is 0.351 e. The molecule has 5 N–H and O–H groups in total. The number of ketones is 1. The number of fused-ring (bicyclic) bond motifs is 5. The number of ether oxygens (including phenoxy) is 6. The summed E-state index contributed by atoms with van der Waals surface area (Å²) in [4.78, 5) is 55.3. The van der Waals surface area contributed by atoms with E-state index in [1.807, 2.05) is 50.4 Å². The number of aliphatic imine (C=N–C) groups is 1. The Balaban J connectivity index is 0.000000499. The van der Waals surface area contributed by atoms with Gasteiger partial charge in [-0.15, -0.1) is 11.3 Å². The Kier molecular flexibility index (Phi) is 18.4. The summed E-state index contributed by atoms with van der Waals surface area (Å²) in [6.45, 7) is 13.9. The maximum absolute atomic E-state index is 16.6. The number of aromatic nitrogens is 2. The highest BCUT2D eigenvalue weighted by atomic mass is 32.1. The van der Waals surface area contributed by atoms with Crippen LogP contribution < -0.4 is 5.73 Å². The number of nitrogens with two attached hydrogens (primary N) is 1. The van der Waals surface area contributed by atoms with Gasteiger partial charge in [-0.1, -0.05) is 34.6 Å². The van der Waals surface area contributed by atoms with Gasteiger partial charge < -0.3 is 54.7 Å². The lowest BCUT2D eigenvalue weighted by Gasteiger charge is -2.47. The van der Waals surface area contributed by atoms with Gasteiger partial charge >= 0.3 is 5.97 Å². The molecule has 0 unspecified atom stereocenters. The fourth-order valence-electron chi connectivity index (χ4n) is 8.81. The molecular weight excluding hydrogens is 852 g/mol. The third-order valence-electron chi connectivity index (χ3n) is 12.3. The lowest BCUT2D eigenvalue weighted by molar-refractivity contribution is -0.296. The number of likely N-dealkylation sites (N-methyl/N-ethyl adjacent to an activating group) is 1. The number of rotatable bonds is 8. The first kappa shape index (κ1) is 53.0. The third-order valence-corrected chi connectivity index (χ3v) is 13.2. The molecule has 1 amide bonds. The number of pyridine rings is 1. The van der Waals surface area contributed by atoms with E-state index in [0.717, 1.165) is 23.2 Å². The Morgan fingerprint density at radius 3 is 2.38 bits per heavy atom. The van der Waals surface area contributed by atoms with E-state index in [0.29, 0.717) is 24.6 Å². The van der Waals surface area contributed by atoms with Crippen LogP contribution in [-0.4, -0.2) is 148 Å². The van der Waals surface area contributed by atoms with Crippen LogP contribution in [-0.2, 0) is 49.4 Å². The Hall–Kier alpha value is -3.66. The predicted octanol–water partition coefficient (Wildman–Crippen LogP) is 4.98. The third kappa shape index (κ3) is 12.4. The van der Waals surface area contributed by atoms with Crippen molar-refractivity contribution in [3.63, 3.8) is 0 Å². The molecule has 2 aromatic rings. The summed E-state index contributed by atoms with van der Waals surface area (Å²) < 4.78 is 52.4. The monoisotopic (exact) mass is 920 g/mol. The van der Waals surface area contributed by atoms with Gasteiger partial charge in [-0.25, -0.2) is 19.2 Å². The van der Waals surface area contributed by atoms with E-state index in [9.17, 15) is 24.6 Å². The fraction of sp³-hybridized carbons (Fsp3) is 0.711. The minimum absolute atomic E-state index is 0.0138. The summed E-state index contributed by atoms with van der Waals surface area (Å²) in [5.74, 6) is -5.27. The van der Waals surface area contributed by atoms with Crippen LogP contribution in [0.4, 0.5) is 10.2 Å². The molecule has 0 saturated carbocycles. The van der Waals surface area contributed by atoms with Crippen molar-refractivity contribution >= 4 is 46.2 Å². The van der Waals surface area contributed by atoms with Gasteiger partial charge in [-0.05, 0) is 79.1 Å². The number of Topliss-reactive ketones (excluding diaryl/α,β-unsaturated/α-hetero) is 1. The first-order valence-corrected chi connectivity index (χ1v) is 22.7. The van der Waals surface area contributed by atoms with E-state index in [-0.39, 0.29) is 50.3 Å². The Labute approximate surface area is 380 Å². The zero-order chi connectivity index (χ0) is 47.9. The minimum atomic E-state index is -3.18. The lowest BCUT2D eigenvalue weighted by Crippen LogP contribution is -2.61. The van der Waals surface area contributed by atoms with Crippen LogP contribution in [0, 0.1) is 23.2 Å². The number of cyclic esters (lactones) is 1. The number of halogens is 1. The van der Waals surface area contributed by atoms with E-state index < -0.39 is 83.0 Å². The highest BCUT2D eigenvalue weighted by Crippen LogP contribution is 2.41. The van der Waals surface area contributed by atoms with Crippen molar-refractivity contribution in [3.05, 3.63) is 29.4 Å². The highest BCUT2D eigenvalue weighted by Gasteiger charge is 2.56. The molecule has 0 aliphatic carbocycles. The molecule has 17 nitrogen and oxygen atoms in total. The molecule has 0 aromatic carbocycles. The summed E-state index contributed by atoms with van der Waals surface area (Å²) in [6, 6.07) is 3.52. The Bertz CT molecular complexity index is 1950. The zero-order valence-electron chi connectivity index (χ0n) is 39.3. The molecule has 19 heteroatoms. The number of carbonyl (C=O) groups is 3. The number of nitrogen functional groups attached to an aromatic ring is 1. The van der Waals surface area contributed by atoms with Crippen molar-refractivity contribution in [2.45, 2.75) is 154 Å². The van der Waals surface area contributed by atoms with Crippen molar-refractivity contribution in [1.82, 2.24) is 14.9 Å². The number of thiazole rings is 1. The predicted molar refractivity (Wildman–Crippen MR) is 240 cm³/mol. The molecule has 3 fully saturated rings. The van der Waals surface area contributed by atoms with Gasteiger partial charge in [0.05, 0.1) is 55.1 Å². The van der Waals surface area contributed by atoms with Gasteiger partial charge in [0.15, 0.2) is 12.1 Å². The van der Waals surface area contributed by atoms with E-state index in [1.54, 1.807) is 41.0 Å². The number of nitrogens with one attached hydrogen (secondary N) is 1. The topological polar surface area (TPSA) is 238 Å². The number of nitrogens with zero attached hydrogens (tertiary/aromatic N) is 4. The number of amides is 1. The Morgan fingerprint density at radius 2 is 1.81 bits per heavy atom. The number of hydrogen-bond donors (Lipinski definition) is 4. The molecule has 358 valence electrons.